The average Bonchev–Trinajstić information content (AvgIpc) is 3.43. The second-order valence-corrected chi connectivity index (χ2v) is 18.0. The SMILES string of the molecule is O[C@@H]1O[C@H](COCc2ccccc2)[C@H](OCc2ccccc2)[C@H](O[C@@H]2O[C@H](COCc3ccccc3)[C@@H](OCc3ccccc3)[C@H](OCc3ccccc3)[C@@H]2OCc2ccccc2)[C@H]1OCc1ccccc1. The van der Waals surface area contributed by atoms with Crippen LogP contribution in [0.25, 0.3) is 0 Å². The van der Waals surface area contributed by atoms with Gasteiger partial charge >= 0.3 is 0 Å². The quantitative estimate of drug-likeness (QED) is 0.0591. The van der Waals surface area contributed by atoms with Gasteiger partial charge in [0.15, 0.2) is 12.6 Å². The van der Waals surface area contributed by atoms with E-state index in [0.29, 0.717) is 13.2 Å². The number of aliphatic hydroxyl groups is 1. The third-order valence-corrected chi connectivity index (χ3v) is 12.7. The Kier molecular flexibility index (Phi) is 19.3. The Morgan fingerprint density at radius 2 is 0.569 bits per heavy atom. The maximum atomic E-state index is 12.1. The summed E-state index contributed by atoms with van der Waals surface area (Å²) in [7, 11) is 0. The first-order valence-corrected chi connectivity index (χ1v) is 24.8. The third-order valence-electron chi connectivity index (χ3n) is 12.7. The molecule has 2 aliphatic heterocycles. The summed E-state index contributed by atoms with van der Waals surface area (Å²) in [5.74, 6) is 0. The van der Waals surface area contributed by atoms with Crippen LogP contribution in [0.5, 0.6) is 0 Å². The Morgan fingerprint density at radius 1 is 0.292 bits per heavy atom. The monoisotopic (exact) mass is 972 g/mol. The minimum Gasteiger partial charge on any atom is -0.374 e. The molecule has 0 saturated carbocycles. The van der Waals surface area contributed by atoms with Crippen molar-refractivity contribution < 1.29 is 52.5 Å². The summed E-state index contributed by atoms with van der Waals surface area (Å²) in [6.07, 6.45) is -9.47. The predicted octanol–water partition coefficient (Wildman–Crippen LogP) is 10.2. The molecule has 11 nitrogen and oxygen atoms in total. The van der Waals surface area contributed by atoms with Crippen molar-refractivity contribution in [2.24, 2.45) is 0 Å². The first-order valence-electron chi connectivity index (χ1n) is 24.8. The largest absolute Gasteiger partial charge is 0.374 e. The van der Waals surface area contributed by atoms with Crippen molar-refractivity contribution in [3.8, 4) is 0 Å². The molecule has 7 aromatic carbocycles. The second kappa shape index (κ2) is 27.2. The van der Waals surface area contributed by atoms with Crippen molar-refractivity contribution in [3.63, 3.8) is 0 Å². The molecule has 10 atom stereocenters. The highest BCUT2D eigenvalue weighted by atomic mass is 16.7. The van der Waals surface area contributed by atoms with Crippen LogP contribution >= 0.6 is 0 Å². The smallest absolute Gasteiger partial charge is 0.187 e. The van der Waals surface area contributed by atoms with E-state index in [0.717, 1.165) is 38.9 Å². The number of rotatable bonds is 25. The van der Waals surface area contributed by atoms with Crippen LogP contribution in [-0.4, -0.2) is 79.7 Å². The van der Waals surface area contributed by atoms with Crippen molar-refractivity contribution in [1.82, 2.24) is 0 Å². The molecule has 0 amide bonds. The van der Waals surface area contributed by atoms with E-state index in [1.165, 1.54) is 0 Å². The maximum absolute atomic E-state index is 12.1. The number of ether oxygens (including phenoxy) is 10. The van der Waals surface area contributed by atoms with E-state index in [1.807, 2.05) is 212 Å². The number of hydrogen-bond donors (Lipinski definition) is 1. The van der Waals surface area contributed by atoms with Crippen molar-refractivity contribution in [2.75, 3.05) is 13.2 Å². The topological polar surface area (TPSA) is 113 Å². The van der Waals surface area contributed by atoms with E-state index in [-0.39, 0.29) is 46.2 Å². The molecular formula is C61H64O11. The Hall–Kier alpha value is -5.90. The van der Waals surface area contributed by atoms with Crippen LogP contribution in [0.15, 0.2) is 212 Å². The van der Waals surface area contributed by atoms with Gasteiger partial charge in [0, 0.05) is 0 Å². The van der Waals surface area contributed by atoms with Gasteiger partial charge in [-0.2, -0.15) is 0 Å². The summed E-state index contributed by atoms with van der Waals surface area (Å²) >= 11 is 0. The van der Waals surface area contributed by atoms with Crippen molar-refractivity contribution in [2.45, 2.75) is 108 Å². The van der Waals surface area contributed by atoms with Gasteiger partial charge < -0.3 is 52.5 Å². The zero-order chi connectivity index (χ0) is 49.0. The third kappa shape index (κ3) is 14.8. The Balaban J connectivity index is 1.10. The number of benzene rings is 7. The van der Waals surface area contributed by atoms with E-state index < -0.39 is 61.4 Å². The average molecular weight is 973 g/mol. The summed E-state index contributed by atoms with van der Waals surface area (Å²) in [5, 5.41) is 12.1. The highest BCUT2D eigenvalue weighted by Gasteiger charge is 2.54. The van der Waals surface area contributed by atoms with Gasteiger partial charge in [-0.15, -0.1) is 0 Å². The summed E-state index contributed by atoms with van der Waals surface area (Å²) in [5.41, 5.74) is 6.74. The molecule has 2 aliphatic rings. The van der Waals surface area contributed by atoms with Crippen molar-refractivity contribution in [3.05, 3.63) is 251 Å². The highest BCUT2D eigenvalue weighted by molar-refractivity contribution is 5.19. The molecule has 9 rings (SSSR count). The van der Waals surface area contributed by atoms with Crippen LogP contribution in [0.3, 0.4) is 0 Å². The number of hydrogen-bond acceptors (Lipinski definition) is 11. The second-order valence-electron chi connectivity index (χ2n) is 18.0. The lowest BCUT2D eigenvalue weighted by atomic mass is 9.95. The Labute approximate surface area is 423 Å². The van der Waals surface area contributed by atoms with Crippen LogP contribution in [0.2, 0.25) is 0 Å². The van der Waals surface area contributed by atoms with Gasteiger partial charge in [-0.25, -0.2) is 0 Å². The lowest BCUT2D eigenvalue weighted by Gasteiger charge is -2.49. The standard InChI is InChI=1S/C61H64O11/c62-60-58(68-41-50-32-18-6-19-33-50)57(55(66-39-48-28-14-4-15-29-48)52(70-60)43-63-36-45-22-8-1-9-23-45)72-61-59(69-42-51-34-20-7-21-35-51)56(67-40-49-30-16-5-17-31-49)54(65-38-47-26-12-3-13-27-47)53(71-61)44-64-37-46-24-10-2-11-25-46/h1-35,52-62H,36-44H2/t52-,53-,54-,55+,56+,57+,58-,59+,60-,61+/m1/s1. The first kappa shape index (κ1) is 51.0. The Bertz CT molecular complexity index is 2550. The van der Waals surface area contributed by atoms with E-state index in [2.05, 4.69) is 0 Å². The molecule has 11 heteroatoms. The van der Waals surface area contributed by atoms with Crippen LogP contribution in [-0.2, 0) is 93.6 Å². The molecule has 2 fully saturated rings. The molecule has 1 N–H and O–H groups in total. The summed E-state index contributed by atoms with van der Waals surface area (Å²) < 4.78 is 68.6. The van der Waals surface area contributed by atoms with Gasteiger partial charge in [-0.3, -0.25) is 0 Å². The zero-order valence-corrected chi connectivity index (χ0v) is 40.4. The van der Waals surface area contributed by atoms with Crippen molar-refractivity contribution >= 4 is 0 Å². The molecule has 0 unspecified atom stereocenters. The van der Waals surface area contributed by atoms with Crippen LogP contribution in [0.1, 0.15) is 38.9 Å². The van der Waals surface area contributed by atoms with Gasteiger partial charge in [0.2, 0.25) is 0 Å². The van der Waals surface area contributed by atoms with E-state index in [4.69, 9.17) is 47.4 Å². The molecule has 0 bridgehead atoms. The molecule has 7 aromatic rings. The molecular weight excluding hydrogens is 909 g/mol. The molecule has 2 heterocycles. The lowest BCUT2D eigenvalue weighted by molar-refractivity contribution is -0.375. The fourth-order valence-corrected chi connectivity index (χ4v) is 8.98. The van der Waals surface area contributed by atoms with Gasteiger partial charge in [0.25, 0.3) is 0 Å². The molecule has 2 saturated heterocycles. The number of aliphatic hydroxyl groups excluding tert-OH is 1. The normalized spacial score (nSPS) is 24.2. The first-order chi connectivity index (χ1) is 35.6. The zero-order valence-electron chi connectivity index (χ0n) is 40.4. The fraction of sp³-hybridized carbons (Fsp3) is 0.311. The van der Waals surface area contributed by atoms with Crippen LogP contribution in [0.4, 0.5) is 0 Å². The van der Waals surface area contributed by atoms with E-state index >= 15 is 0 Å². The van der Waals surface area contributed by atoms with Gasteiger partial charge in [-0.05, 0) is 38.9 Å². The molecule has 0 radical (unpaired) electrons. The van der Waals surface area contributed by atoms with Gasteiger partial charge in [0.1, 0.15) is 48.8 Å². The van der Waals surface area contributed by atoms with E-state index in [1.54, 1.807) is 0 Å². The minimum atomic E-state index is -1.45. The van der Waals surface area contributed by atoms with Crippen molar-refractivity contribution in [1.29, 1.82) is 0 Å². The highest BCUT2D eigenvalue weighted by Crippen LogP contribution is 2.36. The van der Waals surface area contributed by atoms with Gasteiger partial charge in [-0.1, -0.05) is 212 Å². The minimum absolute atomic E-state index is 0.0737. The molecule has 72 heavy (non-hydrogen) atoms. The predicted molar refractivity (Wildman–Crippen MR) is 272 cm³/mol. The molecule has 0 spiro atoms. The molecule has 0 aliphatic carbocycles. The maximum Gasteiger partial charge on any atom is 0.187 e. The Morgan fingerprint density at radius 3 is 0.931 bits per heavy atom. The molecule has 374 valence electrons. The fourth-order valence-electron chi connectivity index (χ4n) is 8.98. The van der Waals surface area contributed by atoms with Crippen LogP contribution in [0, 0.1) is 0 Å². The van der Waals surface area contributed by atoms with Gasteiger partial charge in [0.05, 0.1) is 59.5 Å². The summed E-state index contributed by atoms with van der Waals surface area (Å²) in [4.78, 5) is 0. The summed E-state index contributed by atoms with van der Waals surface area (Å²) in [6.45, 7) is 1.93. The molecule has 0 aromatic heterocycles. The lowest BCUT2D eigenvalue weighted by Crippen LogP contribution is -2.66. The van der Waals surface area contributed by atoms with E-state index in [9.17, 15) is 5.11 Å². The summed E-state index contributed by atoms with van der Waals surface area (Å²) in [6, 6.07) is 69.6. The van der Waals surface area contributed by atoms with Crippen LogP contribution < -0.4 is 0 Å².